The highest BCUT2D eigenvalue weighted by Crippen LogP contribution is 2.31. The standard InChI is InChI=1S/C12H24N2P/c1-11(2,3)14-8-7-13(9-14)10-15-12(4,5)6/h7-9,15H,10H2,1-6H3/q+1. The van der Waals surface area contributed by atoms with Gasteiger partial charge in [-0.2, -0.15) is 0 Å². The molecule has 0 aliphatic heterocycles. The molecule has 1 heterocycles. The van der Waals surface area contributed by atoms with Crippen LogP contribution in [0.4, 0.5) is 0 Å². The van der Waals surface area contributed by atoms with Crippen LogP contribution in [-0.2, 0) is 11.8 Å². The van der Waals surface area contributed by atoms with E-state index in [0.29, 0.717) is 5.16 Å². The molecule has 0 aliphatic carbocycles. The lowest BCUT2D eigenvalue weighted by Crippen LogP contribution is -2.48. The monoisotopic (exact) mass is 227 g/mol. The maximum atomic E-state index is 2.30. The van der Waals surface area contributed by atoms with E-state index in [0.717, 1.165) is 14.9 Å². The van der Waals surface area contributed by atoms with Crippen molar-refractivity contribution >= 4 is 8.58 Å². The zero-order chi connectivity index (χ0) is 11.7. The van der Waals surface area contributed by atoms with Crippen molar-refractivity contribution in [3.63, 3.8) is 0 Å². The van der Waals surface area contributed by atoms with Crippen LogP contribution in [-0.4, -0.2) is 9.72 Å². The molecule has 1 unspecified atom stereocenters. The van der Waals surface area contributed by atoms with Gasteiger partial charge in [0.15, 0.2) is 0 Å². The first-order valence-electron chi connectivity index (χ1n) is 5.51. The minimum absolute atomic E-state index is 0.191. The van der Waals surface area contributed by atoms with Crippen LogP contribution in [0.15, 0.2) is 18.7 Å². The molecule has 2 nitrogen and oxygen atoms in total. The van der Waals surface area contributed by atoms with E-state index in [1.807, 2.05) is 0 Å². The third kappa shape index (κ3) is 4.34. The maximum absolute atomic E-state index is 2.30. The highest BCUT2D eigenvalue weighted by atomic mass is 31.1. The smallest absolute Gasteiger partial charge is 0.233 e. The molecule has 1 aromatic heterocycles. The van der Waals surface area contributed by atoms with E-state index in [-0.39, 0.29) is 5.54 Å². The summed E-state index contributed by atoms with van der Waals surface area (Å²) in [5.41, 5.74) is 0.191. The first-order valence-corrected chi connectivity index (χ1v) is 6.72. The van der Waals surface area contributed by atoms with Crippen molar-refractivity contribution in [1.82, 2.24) is 4.57 Å². The zero-order valence-corrected chi connectivity index (χ0v) is 11.8. The molecule has 0 radical (unpaired) electrons. The first-order chi connectivity index (χ1) is 6.68. The van der Waals surface area contributed by atoms with Gasteiger partial charge in [-0.1, -0.05) is 29.4 Å². The van der Waals surface area contributed by atoms with Crippen LogP contribution < -0.4 is 4.57 Å². The normalized spacial score (nSPS) is 14.0. The average Bonchev–Trinajstić information content (AvgIpc) is 2.45. The minimum atomic E-state index is 0.191. The van der Waals surface area contributed by atoms with Crippen LogP contribution in [0, 0.1) is 0 Å². The van der Waals surface area contributed by atoms with Crippen LogP contribution >= 0.6 is 8.58 Å². The van der Waals surface area contributed by atoms with Crippen LogP contribution in [0.2, 0.25) is 0 Å². The van der Waals surface area contributed by atoms with Crippen molar-refractivity contribution in [3.05, 3.63) is 18.7 Å². The molecule has 1 rings (SSSR count). The van der Waals surface area contributed by atoms with Gasteiger partial charge in [-0.25, -0.2) is 9.13 Å². The van der Waals surface area contributed by atoms with Gasteiger partial charge in [-0.3, -0.25) is 0 Å². The Bertz CT molecular complexity index is 315. The highest BCUT2D eigenvalue weighted by molar-refractivity contribution is 7.38. The molecule has 0 aromatic carbocycles. The Morgan fingerprint density at radius 1 is 1.13 bits per heavy atom. The average molecular weight is 227 g/mol. The lowest BCUT2D eigenvalue weighted by molar-refractivity contribution is -0.753. The molecule has 1 atom stereocenters. The van der Waals surface area contributed by atoms with Gasteiger partial charge in [0.05, 0.1) is 0 Å². The van der Waals surface area contributed by atoms with E-state index in [9.17, 15) is 0 Å². The van der Waals surface area contributed by atoms with E-state index in [1.54, 1.807) is 0 Å². The Labute approximate surface area is 95.5 Å². The predicted molar refractivity (Wildman–Crippen MR) is 67.7 cm³/mol. The molecular weight excluding hydrogens is 203 g/mol. The van der Waals surface area contributed by atoms with Crippen molar-refractivity contribution < 1.29 is 4.57 Å². The van der Waals surface area contributed by atoms with Gasteiger partial charge in [0.1, 0.15) is 24.2 Å². The number of hydrogen-bond donors (Lipinski definition) is 0. The Kier molecular flexibility index (Phi) is 3.60. The number of aromatic nitrogens is 2. The van der Waals surface area contributed by atoms with Crippen molar-refractivity contribution in [1.29, 1.82) is 0 Å². The lowest BCUT2D eigenvalue weighted by atomic mass is 10.1. The highest BCUT2D eigenvalue weighted by Gasteiger charge is 2.19. The van der Waals surface area contributed by atoms with Gasteiger partial charge in [-0.15, -0.1) is 0 Å². The topological polar surface area (TPSA) is 8.81 Å². The second-order valence-corrected chi connectivity index (χ2v) is 8.26. The molecule has 15 heavy (non-hydrogen) atoms. The van der Waals surface area contributed by atoms with Gasteiger partial charge in [-0.05, 0) is 25.9 Å². The van der Waals surface area contributed by atoms with Gasteiger partial charge in [0.2, 0.25) is 6.33 Å². The molecule has 0 spiro atoms. The fraction of sp³-hybridized carbons (Fsp3) is 0.750. The fourth-order valence-corrected chi connectivity index (χ4v) is 2.06. The Morgan fingerprint density at radius 3 is 2.13 bits per heavy atom. The number of hydrogen-bond acceptors (Lipinski definition) is 0. The molecule has 0 N–H and O–H groups in total. The third-order valence-electron chi connectivity index (χ3n) is 2.26. The summed E-state index contributed by atoms with van der Waals surface area (Å²) in [5, 5.41) is 0.441. The second-order valence-electron chi connectivity index (χ2n) is 6.09. The molecule has 3 heteroatoms. The molecule has 0 fully saturated rings. The summed E-state index contributed by atoms with van der Waals surface area (Å²) in [7, 11) is 0.965. The first kappa shape index (κ1) is 12.7. The molecule has 0 saturated carbocycles. The number of nitrogens with zero attached hydrogens (tertiary/aromatic N) is 2. The molecule has 0 bridgehead atoms. The SMILES string of the molecule is CC(C)(C)PCn1cc[n+](C(C)(C)C)c1. The lowest BCUT2D eigenvalue weighted by Gasteiger charge is -2.16. The van der Waals surface area contributed by atoms with Crippen LogP contribution in [0.5, 0.6) is 0 Å². The van der Waals surface area contributed by atoms with Crippen molar-refractivity contribution in [3.8, 4) is 0 Å². The molecule has 0 aliphatic rings. The van der Waals surface area contributed by atoms with E-state index in [1.165, 1.54) is 0 Å². The van der Waals surface area contributed by atoms with E-state index >= 15 is 0 Å². The summed E-state index contributed by atoms with van der Waals surface area (Å²) in [4.78, 5) is 0. The summed E-state index contributed by atoms with van der Waals surface area (Å²) >= 11 is 0. The van der Waals surface area contributed by atoms with Crippen LogP contribution in [0.1, 0.15) is 41.5 Å². The number of rotatable bonds is 2. The quantitative estimate of drug-likeness (QED) is 0.542. The zero-order valence-electron chi connectivity index (χ0n) is 10.8. The van der Waals surface area contributed by atoms with Gasteiger partial charge < -0.3 is 0 Å². The minimum Gasteiger partial charge on any atom is -0.233 e. The van der Waals surface area contributed by atoms with Crippen molar-refractivity contribution in [2.45, 2.75) is 58.5 Å². The van der Waals surface area contributed by atoms with Crippen molar-refractivity contribution in [2.24, 2.45) is 0 Å². The Balaban J connectivity index is 2.62. The predicted octanol–water partition coefficient (Wildman–Crippen LogP) is 2.97. The van der Waals surface area contributed by atoms with E-state index in [4.69, 9.17) is 0 Å². The van der Waals surface area contributed by atoms with E-state index < -0.39 is 0 Å². The Hall–Kier alpha value is -0.360. The Morgan fingerprint density at radius 2 is 1.73 bits per heavy atom. The van der Waals surface area contributed by atoms with Crippen molar-refractivity contribution in [2.75, 3.05) is 0 Å². The van der Waals surface area contributed by atoms with Gasteiger partial charge in [0.25, 0.3) is 0 Å². The summed E-state index contributed by atoms with van der Waals surface area (Å²) in [6.45, 7) is 13.6. The largest absolute Gasteiger partial charge is 0.244 e. The third-order valence-corrected chi connectivity index (χ3v) is 3.84. The molecule has 0 amide bonds. The summed E-state index contributed by atoms with van der Waals surface area (Å²) in [5.74, 6) is 0. The summed E-state index contributed by atoms with van der Waals surface area (Å²) in [6, 6.07) is 0. The fourth-order valence-electron chi connectivity index (χ4n) is 1.21. The summed E-state index contributed by atoms with van der Waals surface area (Å²) < 4.78 is 4.55. The molecular formula is C12H24N2P+. The van der Waals surface area contributed by atoms with Crippen LogP contribution in [0.25, 0.3) is 0 Å². The van der Waals surface area contributed by atoms with E-state index in [2.05, 4.69) is 69.4 Å². The molecule has 0 saturated heterocycles. The van der Waals surface area contributed by atoms with Gasteiger partial charge in [0, 0.05) is 0 Å². The molecule has 1 aromatic rings. The van der Waals surface area contributed by atoms with Gasteiger partial charge >= 0.3 is 0 Å². The maximum Gasteiger partial charge on any atom is 0.244 e. The summed E-state index contributed by atoms with van der Waals surface area (Å²) in [6.07, 6.45) is 7.67. The second kappa shape index (κ2) is 4.25. The number of imidazole rings is 1. The van der Waals surface area contributed by atoms with Crippen LogP contribution in [0.3, 0.4) is 0 Å². The molecule has 86 valence electrons.